The molecule has 1 aliphatic heterocycles. The Morgan fingerprint density at radius 3 is 2.78 bits per heavy atom. The minimum absolute atomic E-state index is 0. The SMILES string of the molecule is NC(N)=NCCCC(NC(=O)C1CC2CCCCC2[N-]1)C(=O)c1nc2ccccc2s1.[Ac]. The number of aromatic nitrogens is 1. The van der Waals surface area contributed by atoms with Crippen LogP contribution in [0.2, 0.25) is 0 Å². The van der Waals surface area contributed by atoms with E-state index >= 15 is 0 Å². The Hall–Kier alpha value is -1.08. The third-order valence-corrected chi connectivity index (χ3v) is 7.20. The molecule has 1 aliphatic carbocycles. The molecule has 4 rings (SSSR count). The Bertz CT molecular complexity index is 929. The summed E-state index contributed by atoms with van der Waals surface area (Å²) in [6, 6.07) is 6.90. The number of hydrogen-bond acceptors (Lipinski definition) is 5. The first-order valence-electron chi connectivity index (χ1n) is 11.0. The molecule has 32 heavy (non-hydrogen) atoms. The molecular formula is C22H29AcN6O2S-. The van der Waals surface area contributed by atoms with Crippen molar-refractivity contribution in [2.75, 3.05) is 6.54 Å². The largest absolute Gasteiger partial charge is 0.649 e. The first-order valence-corrected chi connectivity index (χ1v) is 11.8. The number of guanidine groups is 1. The first kappa shape index (κ1) is 25.5. The molecule has 0 spiro atoms. The summed E-state index contributed by atoms with van der Waals surface area (Å²) in [5.74, 6) is 0.195. The van der Waals surface area contributed by atoms with Crippen molar-refractivity contribution in [1.82, 2.24) is 10.3 Å². The van der Waals surface area contributed by atoms with Gasteiger partial charge in [-0.15, -0.1) is 17.4 Å². The van der Waals surface area contributed by atoms with Crippen LogP contribution in [0.25, 0.3) is 15.5 Å². The molecule has 8 nitrogen and oxygen atoms in total. The van der Waals surface area contributed by atoms with Crippen LogP contribution in [0.1, 0.15) is 54.7 Å². The van der Waals surface area contributed by atoms with E-state index in [-0.39, 0.29) is 67.8 Å². The minimum Gasteiger partial charge on any atom is -0.649 e. The van der Waals surface area contributed by atoms with Crippen molar-refractivity contribution in [3.63, 3.8) is 0 Å². The van der Waals surface area contributed by atoms with E-state index < -0.39 is 6.04 Å². The van der Waals surface area contributed by atoms with Gasteiger partial charge in [0, 0.05) is 50.6 Å². The van der Waals surface area contributed by atoms with Crippen LogP contribution in [0.15, 0.2) is 29.3 Å². The molecule has 169 valence electrons. The van der Waals surface area contributed by atoms with Crippen LogP contribution in [-0.2, 0) is 4.79 Å². The Labute approximate surface area is 227 Å². The molecule has 4 atom stereocenters. The average molecular weight is 669 g/mol. The molecule has 2 fully saturated rings. The van der Waals surface area contributed by atoms with E-state index in [0.29, 0.717) is 36.4 Å². The molecule has 2 heterocycles. The molecule has 2 aliphatic rings. The van der Waals surface area contributed by atoms with Crippen LogP contribution in [0, 0.1) is 50.0 Å². The van der Waals surface area contributed by atoms with Crippen LogP contribution in [0.3, 0.4) is 0 Å². The second kappa shape index (κ2) is 11.9. The van der Waals surface area contributed by atoms with Gasteiger partial charge in [-0.3, -0.25) is 14.6 Å². The van der Waals surface area contributed by atoms with Gasteiger partial charge in [0.2, 0.25) is 11.7 Å². The summed E-state index contributed by atoms with van der Waals surface area (Å²) in [6.07, 6.45) is 6.42. The Morgan fingerprint density at radius 2 is 2.03 bits per heavy atom. The maximum Gasteiger partial charge on any atom is 0.213 e. The number of fused-ring (bicyclic) bond motifs is 2. The molecule has 2 aromatic rings. The third kappa shape index (κ3) is 6.28. The van der Waals surface area contributed by atoms with Crippen molar-refractivity contribution in [3.05, 3.63) is 34.6 Å². The average Bonchev–Trinajstić information content (AvgIpc) is 3.39. The minimum atomic E-state index is -0.667. The Kier molecular flexibility index (Phi) is 9.47. The van der Waals surface area contributed by atoms with Gasteiger partial charge in [-0.2, -0.15) is 0 Å². The number of ketones is 1. The number of nitrogens with zero attached hydrogens (tertiary/aromatic N) is 3. The number of aliphatic imine (C=N–C) groups is 1. The van der Waals surface area contributed by atoms with Crippen LogP contribution >= 0.6 is 11.3 Å². The van der Waals surface area contributed by atoms with Crippen molar-refractivity contribution in [2.24, 2.45) is 22.4 Å². The zero-order valence-electron chi connectivity index (χ0n) is 18.1. The Morgan fingerprint density at radius 1 is 1.25 bits per heavy atom. The van der Waals surface area contributed by atoms with E-state index in [2.05, 4.69) is 15.3 Å². The van der Waals surface area contributed by atoms with Gasteiger partial charge in [0.05, 0.1) is 16.3 Å². The second-order valence-electron chi connectivity index (χ2n) is 8.37. The van der Waals surface area contributed by atoms with E-state index in [1.165, 1.54) is 24.2 Å². The van der Waals surface area contributed by atoms with Crippen molar-refractivity contribution in [3.8, 4) is 0 Å². The van der Waals surface area contributed by atoms with Crippen LogP contribution < -0.4 is 16.8 Å². The standard InChI is InChI=1S/C22H29N6O2S.Ac/c23-22(24)25-11-5-9-16(19(29)21-28-15-8-3-4-10-18(15)31-21)27-20(30)17-12-13-6-1-2-7-14(13)26-17;/h3-4,8,10,13-14,16-17H,1-2,5-7,9,11-12H2,(H,27,30)(H4,23,24,25);/q-1;. The second-order valence-corrected chi connectivity index (χ2v) is 9.40. The number of amides is 1. The van der Waals surface area contributed by atoms with Gasteiger partial charge in [0.25, 0.3) is 0 Å². The summed E-state index contributed by atoms with van der Waals surface area (Å²) in [5.41, 5.74) is 11.6. The topological polar surface area (TPSA) is 138 Å². The van der Waals surface area contributed by atoms with Crippen molar-refractivity contribution >= 4 is 39.2 Å². The number of nitrogens with two attached hydrogens (primary N) is 2. The number of hydrogen-bond donors (Lipinski definition) is 3. The fourth-order valence-electron chi connectivity index (χ4n) is 4.58. The summed E-state index contributed by atoms with van der Waals surface area (Å²) in [7, 11) is 0. The van der Waals surface area contributed by atoms with Gasteiger partial charge in [-0.25, -0.2) is 4.98 Å². The normalized spacial score (nSPS) is 23.1. The molecule has 1 saturated heterocycles. The molecule has 0 bridgehead atoms. The summed E-state index contributed by atoms with van der Waals surface area (Å²) in [6.45, 7) is 0.403. The quantitative estimate of drug-likeness (QED) is 0.172. The number of thiazole rings is 1. The zero-order valence-corrected chi connectivity index (χ0v) is 23.6. The predicted octanol–water partition coefficient (Wildman–Crippen LogP) is 2.72. The van der Waals surface area contributed by atoms with Gasteiger partial charge in [0.15, 0.2) is 11.0 Å². The summed E-state index contributed by atoms with van der Waals surface area (Å²) in [4.78, 5) is 34.7. The van der Waals surface area contributed by atoms with E-state index in [1.54, 1.807) is 0 Å². The summed E-state index contributed by atoms with van der Waals surface area (Å²) >= 11 is 1.35. The van der Waals surface area contributed by atoms with Crippen molar-refractivity contribution < 1.29 is 53.7 Å². The fraction of sp³-hybridized carbons (Fsp3) is 0.545. The van der Waals surface area contributed by atoms with Crippen LogP contribution in [-0.4, -0.2) is 47.3 Å². The maximum atomic E-state index is 13.3. The summed E-state index contributed by atoms with van der Waals surface area (Å²) in [5, 5.41) is 8.14. The van der Waals surface area contributed by atoms with E-state index in [1.807, 2.05) is 24.3 Å². The van der Waals surface area contributed by atoms with Crippen LogP contribution in [0.5, 0.6) is 0 Å². The van der Waals surface area contributed by atoms with E-state index in [0.717, 1.165) is 29.5 Å². The first-order chi connectivity index (χ1) is 15.0. The van der Waals surface area contributed by atoms with Gasteiger partial charge in [-0.1, -0.05) is 56.2 Å². The van der Waals surface area contributed by atoms with Crippen molar-refractivity contribution in [1.29, 1.82) is 0 Å². The number of carbonyl (C=O) groups excluding carboxylic acids is 2. The molecule has 1 radical (unpaired) electrons. The predicted molar refractivity (Wildman–Crippen MR) is 123 cm³/mol. The Balaban J connectivity index is 0.00000289. The van der Waals surface area contributed by atoms with E-state index in [9.17, 15) is 9.59 Å². The van der Waals surface area contributed by atoms with E-state index in [4.69, 9.17) is 16.8 Å². The maximum absolute atomic E-state index is 13.3. The van der Waals surface area contributed by atoms with Gasteiger partial charge in [-0.05, 0) is 25.0 Å². The van der Waals surface area contributed by atoms with Gasteiger partial charge >= 0.3 is 0 Å². The van der Waals surface area contributed by atoms with Crippen LogP contribution in [0.4, 0.5) is 0 Å². The molecule has 5 N–H and O–H groups in total. The molecular weight excluding hydrogens is 639 g/mol. The molecule has 1 aromatic carbocycles. The fourth-order valence-corrected chi connectivity index (χ4v) is 5.54. The van der Waals surface area contributed by atoms with Crippen molar-refractivity contribution in [2.45, 2.75) is 63.1 Å². The third-order valence-electron chi connectivity index (χ3n) is 6.15. The number of rotatable bonds is 8. The number of Topliss-reactive ketones (excluding diaryl/α,β-unsaturated/α-hetero) is 1. The molecule has 4 unspecified atom stereocenters. The number of carbonyl (C=O) groups is 2. The smallest absolute Gasteiger partial charge is 0.213 e. The van der Waals surface area contributed by atoms with Gasteiger partial charge < -0.3 is 22.1 Å². The summed E-state index contributed by atoms with van der Waals surface area (Å²) < 4.78 is 0.950. The van der Waals surface area contributed by atoms with Gasteiger partial charge in [0.1, 0.15) is 0 Å². The monoisotopic (exact) mass is 668 g/mol. The zero-order chi connectivity index (χ0) is 21.8. The molecule has 10 heteroatoms. The molecule has 1 aromatic heterocycles. The number of para-hydroxylation sites is 1. The number of nitrogens with one attached hydrogen (secondary N) is 1. The molecule has 1 saturated carbocycles. The molecule has 1 amide bonds. The number of benzene rings is 1.